The average molecular weight is 436 g/mol. The first kappa shape index (κ1) is 22.0. The first-order valence-electron chi connectivity index (χ1n) is 10.8. The molecule has 4 rings (SSSR count). The van der Waals surface area contributed by atoms with Crippen LogP contribution in [0.1, 0.15) is 22.3 Å². The number of piperazine rings is 1. The summed E-state index contributed by atoms with van der Waals surface area (Å²) in [6, 6.07) is 28.7. The number of nitriles is 1. The molecule has 0 spiro atoms. The minimum absolute atomic E-state index is 0.155. The molecule has 1 aliphatic heterocycles. The number of hydrogen-bond acceptors (Lipinski definition) is 3. The lowest BCUT2D eigenvalue weighted by Crippen LogP contribution is -2.67. The van der Waals surface area contributed by atoms with Gasteiger partial charge in [-0.25, -0.2) is 0 Å². The van der Waals surface area contributed by atoms with Gasteiger partial charge in [-0.15, -0.1) is 0 Å². The molecular weight excluding hydrogens is 410 g/mol. The number of carbonyl (C=O) groups excluding carboxylic acids is 2. The Kier molecular flexibility index (Phi) is 6.10. The topological polar surface area (TPSA) is 64.4 Å². The van der Waals surface area contributed by atoms with Crippen LogP contribution in [0, 0.1) is 11.3 Å². The van der Waals surface area contributed by atoms with E-state index in [1.54, 1.807) is 49.3 Å². The molecule has 164 valence electrons. The van der Waals surface area contributed by atoms with Crippen molar-refractivity contribution in [1.29, 1.82) is 5.26 Å². The van der Waals surface area contributed by atoms with Gasteiger partial charge in [0.15, 0.2) is 0 Å². The van der Waals surface area contributed by atoms with Crippen LogP contribution in [0.2, 0.25) is 0 Å². The molecule has 0 atom stereocenters. The van der Waals surface area contributed by atoms with E-state index in [-0.39, 0.29) is 17.5 Å². The molecule has 0 N–H and O–H groups in total. The molecule has 0 unspecified atom stereocenters. The number of likely N-dealkylation sites (N-methyl/N-ethyl adjacent to an activating group) is 2. The van der Waals surface area contributed by atoms with E-state index in [9.17, 15) is 14.9 Å². The van der Waals surface area contributed by atoms with Crippen molar-refractivity contribution in [2.75, 3.05) is 14.1 Å². The van der Waals surface area contributed by atoms with Crippen LogP contribution < -0.4 is 0 Å². The second-order valence-electron chi connectivity index (χ2n) is 8.31. The molecule has 1 fully saturated rings. The zero-order valence-electron chi connectivity index (χ0n) is 18.7. The fourth-order valence-electron chi connectivity index (χ4n) is 4.42. The van der Waals surface area contributed by atoms with E-state index in [0.717, 1.165) is 11.1 Å². The molecule has 5 nitrogen and oxygen atoms in total. The normalized spacial score (nSPS) is 16.7. The van der Waals surface area contributed by atoms with Crippen LogP contribution in [0.3, 0.4) is 0 Å². The molecule has 0 saturated carbocycles. The third-order valence-electron chi connectivity index (χ3n) is 6.28. The number of carbonyl (C=O) groups is 2. The van der Waals surface area contributed by atoms with Gasteiger partial charge in [0.25, 0.3) is 11.8 Å². The maximum absolute atomic E-state index is 14.0. The zero-order valence-corrected chi connectivity index (χ0v) is 18.7. The molecule has 33 heavy (non-hydrogen) atoms. The lowest BCUT2D eigenvalue weighted by molar-refractivity contribution is -0.156. The van der Waals surface area contributed by atoms with Crippen LogP contribution in [0.15, 0.2) is 90.6 Å². The van der Waals surface area contributed by atoms with Crippen molar-refractivity contribution in [3.05, 3.63) is 113 Å². The third kappa shape index (κ3) is 4.16. The van der Waals surface area contributed by atoms with Crippen LogP contribution in [0.25, 0.3) is 6.08 Å². The molecule has 0 aliphatic carbocycles. The van der Waals surface area contributed by atoms with Crippen molar-refractivity contribution in [2.24, 2.45) is 0 Å². The largest absolute Gasteiger partial charge is 0.325 e. The highest BCUT2D eigenvalue weighted by Gasteiger charge is 2.52. The summed E-state index contributed by atoms with van der Waals surface area (Å²) in [6.07, 6.45) is 2.43. The fourth-order valence-corrected chi connectivity index (χ4v) is 4.42. The van der Waals surface area contributed by atoms with Crippen molar-refractivity contribution < 1.29 is 9.59 Å². The quantitative estimate of drug-likeness (QED) is 0.568. The summed E-state index contributed by atoms with van der Waals surface area (Å²) in [6.45, 7) is 0. The van der Waals surface area contributed by atoms with E-state index in [1.807, 2.05) is 60.7 Å². The smallest absolute Gasteiger partial charge is 0.271 e. The first-order chi connectivity index (χ1) is 16.0. The van der Waals surface area contributed by atoms with Crippen LogP contribution in [-0.2, 0) is 22.4 Å². The van der Waals surface area contributed by atoms with Gasteiger partial charge in [-0.3, -0.25) is 9.59 Å². The molecule has 0 radical (unpaired) electrons. The minimum atomic E-state index is -1.07. The van der Waals surface area contributed by atoms with Gasteiger partial charge in [-0.2, -0.15) is 5.26 Å². The first-order valence-corrected chi connectivity index (χ1v) is 10.8. The fraction of sp³-hybridized carbons (Fsp3) is 0.179. The van der Waals surface area contributed by atoms with E-state index in [2.05, 4.69) is 6.07 Å². The Balaban J connectivity index is 1.80. The van der Waals surface area contributed by atoms with Gasteiger partial charge >= 0.3 is 0 Å². The number of nitrogens with zero attached hydrogens (tertiary/aromatic N) is 3. The van der Waals surface area contributed by atoms with Crippen molar-refractivity contribution in [3.63, 3.8) is 0 Å². The van der Waals surface area contributed by atoms with Gasteiger partial charge < -0.3 is 9.80 Å². The Hall–Kier alpha value is -4.17. The molecule has 1 heterocycles. The van der Waals surface area contributed by atoms with Crippen LogP contribution in [-0.4, -0.2) is 41.2 Å². The summed E-state index contributed by atoms with van der Waals surface area (Å²) >= 11 is 0. The molecule has 2 amide bonds. The Bertz CT molecular complexity index is 1200. The van der Waals surface area contributed by atoms with E-state index in [1.165, 1.54) is 4.90 Å². The average Bonchev–Trinajstić information content (AvgIpc) is 2.86. The van der Waals surface area contributed by atoms with Gasteiger partial charge in [0.2, 0.25) is 0 Å². The summed E-state index contributed by atoms with van der Waals surface area (Å²) in [5, 5.41) is 9.44. The van der Waals surface area contributed by atoms with Gasteiger partial charge in [0, 0.05) is 26.9 Å². The summed E-state index contributed by atoms with van der Waals surface area (Å²) in [7, 11) is 3.34. The summed E-state index contributed by atoms with van der Waals surface area (Å²) < 4.78 is 0. The minimum Gasteiger partial charge on any atom is -0.325 e. The van der Waals surface area contributed by atoms with Crippen molar-refractivity contribution >= 4 is 17.9 Å². The number of benzene rings is 3. The highest BCUT2D eigenvalue weighted by Crippen LogP contribution is 2.34. The van der Waals surface area contributed by atoms with Gasteiger partial charge in [0.05, 0.1) is 11.6 Å². The van der Waals surface area contributed by atoms with Gasteiger partial charge in [0.1, 0.15) is 11.2 Å². The second kappa shape index (κ2) is 9.13. The summed E-state index contributed by atoms with van der Waals surface area (Å²) in [5.74, 6) is -0.408. The molecule has 1 aliphatic rings. The number of hydrogen-bond donors (Lipinski definition) is 0. The highest BCUT2D eigenvalue weighted by atomic mass is 16.2. The molecule has 5 heteroatoms. The summed E-state index contributed by atoms with van der Waals surface area (Å²) in [5.41, 5.74) is 2.21. The Morgan fingerprint density at radius 3 is 1.88 bits per heavy atom. The van der Waals surface area contributed by atoms with Crippen molar-refractivity contribution in [2.45, 2.75) is 18.4 Å². The SMILES string of the molecule is CN1C(=O)C(Cc2ccccc2)(Cc2ccccc2)N(C)C(=O)C1=Cc1ccccc1C#N. The maximum Gasteiger partial charge on any atom is 0.271 e. The summed E-state index contributed by atoms with van der Waals surface area (Å²) in [4.78, 5) is 30.7. The molecular formula is C28H25N3O2. The monoisotopic (exact) mass is 435 g/mol. The van der Waals surface area contributed by atoms with Crippen LogP contribution in [0.5, 0.6) is 0 Å². The molecule has 1 saturated heterocycles. The lowest BCUT2D eigenvalue weighted by Gasteiger charge is -2.48. The Morgan fingerprint density at radius 2 is 1.33 bits per heavy atom. The van der Waals surface area contributed by atoms with E-state index in [4.69, 9.17) is 0 Å². The predicted molar refractivity (Wildman–Crippen MR) is 128 cm³/mol. The number of amides is 2. The standard InChI is InChI=1S/C28H25N3O2/c1-30-25(17-23-15-9-10-16-24(23)20-29)26(32)31(2)28(27(30)33,18-21-11-5-3-6-12-21)19-22-13-7-4-8-14-22/h3-17H,18-19H2,1-2H3. The van der Waals surface area contributed by atoms with E-state index < -0.39 is 5.54 Å². The second-order valence-corrected chi connectivity index (χ2v) is 8.31. The molecule has 0 aromatic heterocycles. The Morgan fingerprint density at radius 1 is 0.818 bits per heavy atom. The van der Waals surface area contributed by atoms with Gasteiger partial charge in [-0.1, -0.05) is 78.9 Å². The predicted octanol–water partition coefficient (Wildman–Crippen LogP) is 4.05. The van der Waals surface area contributed by atoms with Gasteiger partial charge in [-0.05, 0) is 28.8 Å². The molecule has 3 aromatic rings. The highest BCUT2D eigenvalue weighted by molar-refractivity contribution is 6.09. The van der Waals surface area contributed by atoms with Crippen molar-refractivity contribution in [1.82, 2.24) is 9.80 Å². The zero-order chi connectivity index (χ0) is 23.4. The third-order valence-corrected chi connectivity index (χ3v) is 6.28. The maximum atomic E-state index is 14.0. The Labute approximate surface area is 194 Å². The molecule has 3 aromatic carbocycles. The van der Waals surface area contributed by atoms with E-state index >= 15 is 0 Å². The van der Waals surface area contributed by atoms with Crippen LogP contribution >= 0.6 is 0 Å². The van der Waals surface area contributed by atoms with E-state index in [0.29, 0.717) is 24.0 Å². The van der Waals surface area contributed by atoms with Crippen molar-refractivity contribution in [3.8, 4) is 6.07 Å². The lowest BCUT2D eigenvalue weighted by atomic mass is 9.80. The number of rotatable bonds is 5. The van der Waals surface area contributed by atoms with Crippen LogP contribution in [0.4, 0.5) is 0 Å². The molecule has 0 bridgehead atoms.